The Morgan fingerprint density at radius 2 is 2.32 bits per heavy atom. The van der Waals surface area contributed by atoms with Gasteiger partial charge < -0.3 is 19.7 Å². The highest BCUT2D eigenvalue weighted by Gasteiger charge is 2.10. The molecule has 1 saturated heterocycles. The van der Waals surface area contributed by atoms with Gasteiger partial charge in [-0.25, -0.2) is 4.98 Å². The van der Waals surface area contributed by atoms with Crippen LogP contribution in [0.2, 0.25) is 0 Å². The van der Waals surface area contributed by atoms with E-state index >= 15 is 0 Å². The van der Waals surface area contributed by atoms with E-state index in [1.807, 2.05) is 6.20 Å². The maximum Gasteiger partial charge on any atom is 0.128 e. The van der Waals surface area contributed by atoms with E-state index in [4.69, 9.17) is 9.47 Å². The summed E-state index contributed by atoms with van der Waals surface area (Å²) in [7, 11) is 1.71. The number of anilines is 1. The molecule has 0 unspecified atom stereocenters. The van der Waals surface area contributed by atoms with Crippen molar-refractivity contribution in [2.75, 3.05) is 51.5 Å². The molecular formula is C14H23N3O2. The molecule has 1 aromatic rings. The lowest BCUT2D eigenvalue weighted by Crippen LogP contribution is -2.26. The van der Waals surface area contributed by atoms with Crippen molar-refractivity contribution in [2.24, 2.45) is 0 Å². The molecule has 0 radical (unpaired) electrons. The zero-order valence-electron chi connectivity index (χ0n) is 11.6. The van der Waals surface area contributed by atoms with Gasteiger partial charge in [0.1, 0.15) is 5.82 Å². The molecule has 1 fully saturated rings. The summed E-state index contributed by atoms with van der Waals surface area (Å²) in [6.45, 7) is 6.04. The Morgan fingerprint density at radius 1 is 1.37 bits per heavy atom. The molecular weight excluding hydrogens is 242 g/mol. The molecule has 19 heavy (non-hydrogen) atoms. The number of hydrogen-bond donors (Lipinski definition) is 1. The van der Waals surface area contributed by atoms with Crippen LogP contribution in [0.4, 0.5) is 5.82 Å². The summed E-state index contributed by atoms with van der Waals surface area (Å²) in [6.07, 6.45) is 3.02. The quantitative estimate of drug-likeness (QED) is 0.779. The van der Waals surface area contributed by atoms with Gasteiger partial charge in [-0.1, -0.05) is 6.07 Å². The van der Waals surface area contributed by atoms with Crippen LogP contribution in [0, 0.1) is 0 Å². The molecule has 0 aromatic carbocycles. The minimum absolute atomic E-state index is 0.735. The van der Waals surface area contributed by atoms with E-state index in [9.17, 15) is 0 Å². The van der Waals surface area contributed by atoms with Crippen molar-refractivity contribution in [1.82, 2.24) is 10.3 Å². The molecule has 1 aromatic heterocycles. The Kier molecular flexibility index (Phi) is 6.07. The van der Waals surface area contributed by atoms with Crippen LogP contribution in [0.25, 0.3) is 0 Å². The first-order valence-electron chi connectivity index (χ1n) is 6.87. The van der Waals surface area contributed by atoms with Gasteiger partial charge in [0.25, 0.3) is 0 Å². The fourth-order valence-electron chi connectivity index (χ4n) is 2.09. The summed E-state index contributed by atoms with van der Waals surface area (Å²) in [5.41, 5.74) is 1.20. The molecule has 5 heteroatoms. The van der Waals surface area contributed by atoms with Crippen molar-refractivity contribution < 1.29 is 9.47 Å². The first-order chi connectivity index (χ1) is 9.40. The fraction of sp³-hybridized carbons (Fsp3) is 0.643. The van der Waals surface area contributed by atoms with E-state index in [0.717, 1.165) is 58.2 Å². The largest absolute Gasteiger partial charge is 0.383 e. The van der Waals surface area contributed by atoms with Crippen molar-refractivity contribution in [3.63, 3.8) is 0 Å². The highest BCUT2D eigenvalue weighted by Crippen LogP contribution is 2.13. The lowest BCUT2D eigenvalue weighted by Gasteiger charge is -2.20. The van der Waals surface area contributed by atoms with Crippen LogP contribution in [0.3, 0.4) is 0 Å². The van der Waals surface area contributed by atoms with Crippen molar-refractivity contribution >= 4 is 5.82 Å². The molecule has 106 valence electrons. The summed E-state index contributed by atoms with van der Waals surface area (Å²) in [6, 6.07) is 4.23. The van der Waals surface area contributed by atoms with Crippen molar-refractivity contribution in [3.05, 3.63) is 23.9 Å². The second kappa shape index (κ2) is 8.09. The molecule has 2 heterocycles. The van der Waals surface area contributed by atoms with Crippen LogP contribution in [0.5, 0.6) is 0 Å². The Balaban J connectivity index is 1.83. The first-order valence-corrected chi connectivity index (χ1v) is 6.87. The molecule has 5 nitrogen and oxygen atoms in total. The first kappa shape index (κ1) is 14.2. The van der Waals surface area contributed by atoms with E-state index in [0.29, 0.717) is 0 Å². The van der Waals surface area contributed by atoms with Gasteiger partial charge >= 0.3 is 0 Å². The van der Waals surface area contributed by atoms with Gasteiger partial charge in [-0.15, -0.1) is 0 Å². The monoisotopic (exact) mass is 265 g/mol. The summed E-state index contributed by atoms with van der Waals surface area (Å²) in [5, 5.41) is 3.31. The second-order valence-corrected chi connectivity index (χ2v) is 4.65. The van der Waals surface area contributed by atoms with E-state index in [-0.39, 0.29) is 0 Å². The number of hydrogen-bond acceptors (Lipinski definition) is 5. The van der Waals surface area contributed by atoms with Crippen molar-refractivity contribution in [2.45, 2.75) is 13.0 Å². The van der Waals surface area contributed by atoms with Gasteiger partial charge in [0, 0.05) is 46.1 Å². The summed E-state index contributed by atoms with van der Waals surface area (Å²) >= 11 is 0. The van der Waals surface area contributed by atoms with E-state index in [1.165, 1.54) is 5.56 Å². The maximum absolute atomic E-state index is 5.45. The minimum Gasteiger partial charge on any atom is -0.383 e. The smallest absolute Gasteiger partial charge is 0.128 e. The number of nitrogens with zero attached hydrogens (tertiary/aromatic N) is 2. The number of rotatable bonds is 6. The molecule has 0 aliphatic carbocycles. The molecule has 0 spiro atoms. The predicted octanol–water partition coefficient (Wildman–Crippen LogP) is 1.04. The van der Waals surface area contributed by atoms with Crippen LogP contribution in [0.15, 0.2) is 18.3 Å². The summed E-state index contributed by atoms with van der Waals surface area (Å²) < 4.78 is 10.4. The molecule has 0 atom stereocenters. The second-order valence-electron chi connectivity index (χ2n) is 4.65. The van der Waals surface area contributed by atoms with Gasteiger partial charge in [0.2, 0.25) is 0 Å². The van der Waals surface area contributed by atoms with Gasteiger partial charge in [-0.3, -0.25) is 0 Å². The van der Waals surface area contributed by atoms with Crippen LogP contribution in [-0.2, 0) is 16.0 Å². The molecule has 0 amide bonds. The molecule has 1 N–H and O–H groups in total. The topological polar surface area (TPSA) is 46.6 Å². The van der Waals surface area contributed by atoms with E-state index < -0.39 is 0 Å². The molecule has 2 rings (SSSR count). The zero-order valence-corrected chi connectivity index (χ0v) is 11.6. The minimum atomic E-state index is 0.735. The van der Waals surface area contributed by atoms with Crippen molar-refractivity contribution in [1.29, 1.82) is 0 Å². The predicted molar refractivity (Wildman–Crippen MR) is 75.5 cm³/mol. The lowest BCUT2D eigenvalue weighted by molar-refractivity contribution is 0.152. The lowest BCUT2D eigenvalue weighted by atomic mass is 10.2. The van der Waals surface area contributed by atoms with Crippen LogP contribution >= 0.6 is 0 Å². The van der Waals surface area contributed by atoms with E-state index in [2.05, 4.69) is 27.3 Å². The summed E-state index contributed by atoms with van der Waals surface area (Å²) in [5.74, 6) is 1.05. The summed E-state index contributed by atoms with van der Waals surface area (Å²) in [4.78, 5) is 6.83. The number of ether oxygens (including phenoxy) is 2. The Labute approximate surface area is 114 Å². The number of nitrogens with one attached hydrogen (secondary N) is 1. The Bertz CT molecular complexity index is 348. The molecule has 1 aliphatic rings. The normalized spacial score (nSPS) is 16.4. The standard InChI is InChI=1S/C14H23N3O2/c1-18-9-5-15-11-13-3-4-14(16-12-13)17-6-2-8-19-10-7-17/h3-4,12,15H,2,5-11H2,1H3. The van der Waals surface area contributed by atoms with Crippen LogP contribution < -0.4 is 10.2 Å². The van der Waals surface area contributed by atoms with Crippen LogP contribution in [0.1, 0.15) is 12.0 Å². The highest BCUT2D eigenvalue weighted by molar-refractivity contribution is 5.39. The van der Waals surface area contributed by atoms with Gasteiger partial charge in [-0.2, -0.15) is 0 Å². The van der Waals surface area contributed by atoms with Gasteiger partial charge in [0.15, 0.2) is 0 Å². The van der Waals surface area contributed by atoms with Crippen molar-refractivity contribution in [3.8, 4) is 0 Å². The van der Waals surface area contributed by atoms with Crippen LogP contribution in [-0.4, -0.2) is 51.5 Å². The number of pyridine rings is 1. The number of aromatic nitrogens is 1. The van der Waals surface area contributed by atoms with Gasteiger partial charge in [0.05, 0.1) is 13.2 Å². The molecule has 1 aliphatic heterocycles. The third-order valence-corrected chi connectivity index (χ3v) is 3.17. The van der Waals surface area contributed by atoms with E-state index in [1.54, 1.807) is 7.11 Å². The number of methoxy groups -OCH3 is 1. The maximum atomic E-state index is 5.45. The average Bonchev–Trinajstić information content (AvgIpc) is 2.73. The Hall–Kier alpha value is -1.17. The third-order valence-electron chi connectivity index (χ3n) is 3.17. The Morgan fingerprint density at radius 3 is 3.11 bits per heavy atom. The fourth-order valence-corrected chi connectivity index (χ4v) is 2.09. The van der Waals surface area contributed by atoms with Gasteiger partial charge in [-0.05, 0) is 18.1 Å². The SMILES string of the molecule is COCCNCc1ccc(N2CCCOCC2)nc1. The molecule has 0 bridgehead atoms. The third kappa shape index (κ3) is 4.78. The zero-order chi connectivity index (χ0) is 13.3. The highest BCUT2D eigenvalue weighted by atomic mass is 16.5. The molecule has 0 saturated carbocycles. The average molecular weight is 265 g/mol.